The molecule has 0 radical (unpaired) electrons. The first kappa shape index (κ1) is 14.1. The summed E-state index contributed by atoms with van der Waals surface area (Å²) in [5.41, 5.74) is 2.65. The van der Waals surface area contributed by atoms with Crippen LogP contribution in [0.3, 0.4) is 0 Å². The van der Waals surface area contributed by atoms with Crippen LogP contribution in [0.4, 0.5) is 11.6 Å². The lowest BCUT2D eigenvalue weighted by atomic mass is 9.94. The highest BCUT2D eigenvalue weighted by atomic mass is 15.3. The lowest BCUT2D eigenvalue weighted by Gasteiger charge is -2.32. The molecule has 0 aromatic carbocycles. The van der Waals surface area contributed by atoms with Crippen LogP contribution in [0.1, 0.15) is 45.4 Å². The third-order valence-corrected chi connectivity index (χ3v) is 3.90. The van der Waals surface area contributed by atoms with Gasteiger partial charge in [-0.1, -0.05) is 20.3 Å². The molecular weight excluding hydrogens is 238 g/mol. The topological polar surface area (TPSA) is 67.1 Å². The van der Waals surface area contributed by atoms with Gasteiger partial charge >= 0.3 is 0 Å². The molecule has 0 amide bonds. The van der Waals surface area contributed by atoms with Crippen LogP contribution >= 0.6 is 0 Å². The third-order valence-electron chi connectivity index (χ3n) is 3.90. The predicted molar refractivity (Wildman–Crippen MR) is 79.1 cm³/mol. The van der Waals surface area contributed by atoms with E-state index in [-0.39, 0.29) is 0 Å². The van der Waals surface area contributed by atoms with Gasteiger partial charge in [0.25, 0.3) is 0 Å². The van der Waals surface area contributed by atoms with Gasteiger partial charge in [0.15, 0.2) is 0 Å². The Morgan fingerprint density at radius 1 is 1.32 bits per heavy atom. The van der Waals surface area contributed by atoms with E-state index >= 15 is 0 Å². The molecule has 106 valence electrons. The van der Waals surface area contributed by atoms with Crippen molar-refractivity contribution in [1.82, 2.24) is 9.97 Å². The Kier molecular flexibility index (Phi) is 4.96. The van der Waals surface area contributed by atoms with Gasteiger partial charge in [0.05, 0.1) is 0 Å². The minimum absolute atomic E-state index is 0.714. The van der Waals surface area contributed by atoms with E-state index in [4.69, 9.17) is 5.84 Å². The van der Waals surface area contributed by atoms with Crippen molar-refractivity contribution in [2.45, 2.75) is 46.0 Å². The number of piperidine rings is 1. The molecular formula is C14H25N5. The molecule has 0 saturated carbocycles. The molecule has 1 aromatic rings. The standard InChI is InChI=1S/C14H25N5/c1-3-5-12-16-13(18-15)10-14(17-12)19-8-6-11(4-2)7-9-19/h10-11H,3-9,15H2,1-2H3,(H,16,17,18). The number of rotatable bonds is 5. The van der Waals surface area contributed by atoms with E-state index in [9.17, 15) is 0 Å². The Morgan fingerprint density at radius 3 is 2.63 bits per heavy atom. The molecule has 5 nitrogen and oxygen atoms in total. The summed E-state index contributed by atoms with van der Waals surface area (Å²) >= 11 is 0. The number of aryl methyl sites for hydroxylation is 1. The maximum absolute atomic E-state index is 5.50. The molecule has 2 heterocycles. The summed E-state index contributed by atoms with van der Waals surface area (Å²) in [4.78, 5) is 11.4. The van der Waals surface area contributed by atoms with Crippen LogP contribution in [-0.2, 0) is 6.42 Å². The lowest BCUT2D eigenvalue weighted by Crippen LogP contribution is -2.34. The van der Waals surface area contributed by atoms with Crippen LogP contribution < -0.4 is 16.2 Å². The van der Waals surface area contributed by atoms with Crippen molar-refractivity contribution in [1.29, 1.82) is 0 Å². The van der Waals surface area contributed by atoms with Gasteiger partial charge in [0.1, 0.15) is 17.5 Å². The molecule has 1 fully saturated rings. The molecule has 0 spiro atoms. The molecule has 3 N–H and O–H groups in total. The fraction of sp³-hybridized carbons (Fsp3) is 0.714. The molecule has 1 aliphatic rings. The maximum Gasteiger partial charge on any atom is 0.145 e. The zero-order chi connectivity index (χ0) is 13.7. The molecule has 1 aromatic heterocycles. The zero-order valence-electron chi connectivity index (χ0n) is 12.0. The minimum atomic E-state index is 0.714. The SMILES string of the molecule is CCCc1nc(NN)cc(N2CCC(CC)CC2)n1. The number of hydrogen-bond donors (Lipinski definition) is 2. The molecule has 0 aliphatic carbocycles. The second-order valence-corrected chi connectivity index (χ2v) is 5.26. The van der Waals surface area contributed by atoms with Gasteiger partial charge in [-0.2, -0.15) is 0 Å². The maximum atomic E-state index is 5.50. The molecule has 0 bridgehead atoms. The van der Waals surface area contributed by atoms with Gasteiger partial charge < -0.3 is 10.3 Å². The van der Waals surface area contributed by atoms with Crippen molar-refractivity contribution < 1.29 is 0 Å². The largest absolute Gasteiger partial charge is 0.356 e. The van der Waals surface area contributed by atoms with E-state index in [0.29, 0.717) is 5.82 Å². The summed E-state index contributed by atoms with van der Waals surface area (Å²) in [5, 5.41) is 0. The number of nitrogens with zero attached hydrogens (tertiary/aromatic N) is 3. The number of nitrogen functional groups attached to an aromatic ring is 1. The second-order valence-electron chi connectivity index (χ2n) is 5.26. The molecule has 0 unspecified atom stereocenters. The summed E-state index contributed by atoms with van der Waals surface area (Å²) in [6.07, 6.45) is 5.75. The summed E-state index contributed by atoms with van der Waals surface area (Å²) in [6, 6.07) is 1.95. The van der Waals surface area contributed by atoms with Crippen LogP contribution in [-0.4, -0.2) is 23.1 Å². The van der Waals surface area contributed by atoms with E-state index in [2.05, 4.69) is 34.1 Å². The highest BCUT2D eigenvalue weighted by molar-refractivity contribution is 5.49. The first-order valence-electron chi connectivity index (χ1n) is 7.36. The van der Waals surface area contributed by atoms with Crippen molar-refractivity contribution in [2.24, 2.45) is 11.8 Å². The average molecular weight is 263 g/mol. The Labute approximate surface area is 115 Å². The number of aromatic nitrogens is 2. The summed E-state index contributed by atoms with van der Waals surface area (Å²) in [7, 11) is 0. The smallest absolute Gasteiger partial charge is 0.145 e. The Balaban J connectivity index is 2.12. The average Bonchev–Trinajstić information content (AvgIpc) is 2.47. The van der Waals surface area contributed by atoms with E-state index in [1.807, 2.05) is 6.07 Å². The van der Waals surface area contributed by atoms with Crippen molar-refractivity contribution in [3.63, 3.8) is 0 Å². The van der Waals surface area contributed by atoms with E-state index in [1.54, 1.807) is 0 Å². The number of nitrogens with one attached hydrogen (secondary N) is 1. The Bertz CT molecular complexity index is 399. The normalized spacial score (nSPS) is 16.7. The highest BCUT2D eigenvalue weighted by Gasteiger charge is 2.19. The van der Waals surface area contributed by atoms with Crippen LogP contribution in [0.2, 0.25) is 0 Å². The molecule has 0 atom stereocenters. The predicted octanol–water partition coefficient (Wildman–Crippen LogP) is 2.34. The fourth-order valence-electron chi connectivity index (χ4n) is 2.62. The quantitative estimate of drug-likeness (QED) is 0.630. The number of anilines is 2. The first-order chi connectivity index (χ1) is 9.26. The molecule has 19 heavy (non-hydrogen) atoms. The van der Waals surface area contributed by atoms with Gasteiger partial charge in [-0.25, -0.2) is 15.8 Å². The van der Waals surface area contributed by atoms with Gasteiger partial charge in [0.2, 0.25) is 0 Å². The second kappa shape index (κ2) is 6.70. The minimum Gasteiger partial charge on any atom is -0.356 e. The van der Waals surface area contributed by atoms with Crippen molar-refractivity contribution in [2.75, 3.05) is 23.4 Å². The van der Waals surface area contributed by atoms with Gasteiger partial charge in [-0.05, 0) is 25.2 Å². The van der Waals surface area contributed by atoms with Crippen LogP contribution in [0.25, 0.3) is 0 Å². The van der Waals surface area contributed by atoms with Crippen LogP contribution in [0.15, 0.2) is 6.07 Å². The summed E-state index contributed by atoms with van der Waals surface area (Å²) in [6.45, 7) is 6.59. The third kappa shape index (κ3) is 3.56. The van der Waals surface area contributed by atoms with E-state index < -0.39 is 0 Å². The highest BCUT2D eigenvalue weighted by Crippen LogP contribution is 2.25. The summed E-state index contributed by atoms with van der Waals surface area (Å²) < 4.78 is 0. The summed E-state index contributed by atoms with van der Waals surface area (Å²) in [5.74, 6) is 8.98. The zero-order valence-corrected chi connectivity index (χ0v) is 12.0. The van der Waals surface area contributed by atoms with Crippen molar-refractivity contribution >= 4 is 11.6 Å². The molecule has 1 saturated heterocycles. The number of nitrogens with two attached hydrogens (primary N) is 1. The number of hydrogen-bond acceptors (Lipinski definition) is 5. The van der Waals surface area contributed by atoms with Gasteiger partial charge in [-0.15, -0.1) is 0 Å². The van der Waals surface area contributed by atoms with Crippen LogP contribution in [0.5, 0.6) is 0 Å². The monoisotopic (exact) mass is 263 g/mol. The first-order valence-corrected chi connectivity index (χ1v) is 7.36. The Hall–Kier alpha value is -1.36. The molecule has 1 aliphatic heterocycles. The van der Waals surface area contributed by atoms with E-state index in [1.165, 1.54) is 19.3 Å². The fourth-order valence-corrected chi connectivity index (χ4v) is 2.62. The van der Waals surface area contributed by atoms with Crippen molar-refractivity contribution in [3.8, 4) is 0 Å². The van der Waals surface area contributed by atoms with Crippen molar-refractivity contribution in [3.05, 3.63) is 11.9 Å². The van der Waals surface area contributed by atoms with Gasteiger partial charge in [-0.3, -0.25) is 0 Å². The van der Waals surface area contributed by atoms with Gasteiger partial charge in [0, 0.05) is 25.6 Å². The molecule has 5 heteroatoms. The number of hydrazine groups is 1. The van der Waals surface area contributed by atoms with Crippen LogP contribution in [0, 0.1) is 5.92 Å². The Morgan fingerprint density at radius 2 is 2.05 bits per heavy atom. The lowest BCUT2D eigenvalue weighted by molar-refractivity contribution is 0.393. The van der Waals surface area contributed by atoms with E-state index in [0.717, 1.165) is 43.5 Å². The molecule has 2 rings (SSSR count).